The summed E-state index contributed by atoms with van der Waals surface area (Å²) in [5.74, 6) is -1.29. The van der Waals surface area contributed by atoms with E-state index < -0.39 is 11.9 Å². The monoisotopic (exact) mass is 340 g/mol. The van der Waals surface area contributed by atoms with Crippen molar-refractivity contribution in [1.29, 1.82) is 0 Å². The maximum atomic E-state index is 12.2. The number of piperidine rings is 1. The predicted molar refractivity (Wildman–Crippen MR) is 79.8 cm³/mol. The molecule has 1 aromatic rings. The number of urea groups is 1. The first-order valence-corrected chi connectivity index (χ1v) is 7.31. The summed E-state index contributed by atoms with van der Waals surface area (Å²) in [5, 5.41) is 11.9. The second-order valence-electron chi connectivity index (χ2n) is 5.07. The van der Waals surface area contributed by atoms with Crippen molar-refractivity contribution in [1.82, 2.24) is 4.90 Å². The number of likely N-dealkylation sites (tertiary alicyclic amines) is 1. The number of carboxylic acid groups (broad SMARTS) is 1. The molecule has 108 valence electrons. The molecule has 1 fully saturated rings. The molecule has 1 aromatic carbocycles. The van der Waals surface area contributed by atoms with Crippen molar-refractivity contribution in [3.8, 4) is 0 Å². The van der Waals surface area contributed by atoms with Crippen molar-refractivity contribution in [2.75, 3.05) is 18.4 Å². The lowest BCUT2D eigenvalue weighted by Crippen LogP contribution is -2.44. The predicted octanol–water partition coefficient (Wildman–Crippen LogP) is 3.09. The number of benzene rings is 1. The van der Waals surface area contributed by atoms with Gasteiger partial charge < -0.3 is 15.3 Å². The van der Waals surface area contributed by atoms with Crippen LogP contribution in [-0.4, -0.2) is 35.1 Å². The fourth-order valence-electron chi connectivity index (χ4n) is 2.37. The first-order chi connectivity index (χ1) is 9.45. The van der Waals surface area contributed by atoms with Crippen LogP contribution in [0.25, 0.3) is 0 Å². The van der Waals surface area contributed by atoms with Crippen molar-refractivity contribution in [3.05, 3.63) is 28.2 Å². The van der Waals surface area contributed by atoms with Crippen LogP contribution in [0.5, 0.6) is 0 Å². The van der Waals surface area contributed by atoms with Gasteiger partial charge in [-0.1, -0.05) is 15.9 Å². The van der Waals surface area contributed by atoms with Crippen molar-refractivity contribution in [3.63, 3.8) is 0 Å². The van der Waals surface area contributed by atoms with Crippen LogP contribution < -0.4 is 5.32 Å². The first kappa shape index (κ1) is 14.8. The lowest BCUT2D eigenvalue weighted by molar-refractivity contribution is -0.143. The summed E-state index contributed by atoms with van der Waals surface area (Å²) in [4.78, 5) is 24.7. The smallest absolute Gasteiger partial charge is 0.321 e. The number of hydrogen-bond acceptors (Lipinski definition) is 2. The number of carbonyl (C=O) groups is 2. The minimum Gasteiger partial charge on any atom is -0.481 e. The third-order valence-electron chi connectivity index (χ3n) is 3.35. The summed E-state index contributed by atoms with van der Waals surface area (Å²) in [5.41, 5.74) is 1.75. The zero-order valence-corrected chi connectivity index (χ0v) is 12.8. The average Bonchev–Trinajstić information content (AvgIpc) is 2.37. The number of anilines is 1. The zero-order chi connectivity index (χ0) is 14.7. The standard InChI is InChI=1S/C14H17BrN2O3/c1-9-5-11(15)7-12(6-9)16-14(20)17-4-2-3-10(8-17)13(18)19/h5-7,10H,2-4,8H2,1H3,(H,16,20)(H,18,19). The Bertz CT molecular complexity index is 513. The van der Waals surface area contributed by atoms with Crippen LogP contribution in [0.4, 0.5) is 10.5 Å². The number of aryl methyl sites for hydroxylation is 1. The number of nitrogens with zero attached hydrogens (tertiary/aromatic N) is 1. The summed E-state index contributed by atoms with van der Waals surface area (Å²) in [6.07, 6.45) is 1.36. The molecule has 1 aliphatic heterocycles. The number of amides is 2. The molecule has 5 nitrogen and oxygen atoms in total. The Hall–Kier alpha value is -1.56. The van der Waals surface area contributed by atoms with Gasteiger partial charge in [0.25, 0.3) is 0 Å². The van der Waals surface area contributed by atoms with Crippen molar-refractivity contribution in [2.24, 2.45) is 5.92 Å². The lowest BCUT2D eigenvalue weighted by Gasteiger charge is -2.30. The van der Waals surface area contributed by atoms with Crippen molar-refractivity contribution < 1.29 is 14.7 Å². The zero-order valence-electron chi connectivity index (χ0n) is 11.2. The van der Waals surface area contributed by atoms with E-state index in [1.807, 2.05) is 25.1 Å². The average molecular weight is 341 g/mol. The molecule has 0 aromatic heterocycles. The Morgan fingerprint density at radius 2 is 2.15 bits per heavy atom. The highest BCUT2D eigenvalue weighted by atomic mass is 79.9. The van der Waals surface area contributed by atoms with Gasteiger partial charge in [0, 0.05) is 23.2 Å². The Balaban J connectivity index is 2.02. The van der Waals surface area contributed by atoms with Crippen LogP contribution in [0.3, 0.4) is 0 Å². The van der Waals surface area contributed by atoms with Gasteiger partial charge in [0.15, 0.2) is 0 Å². The van der Waals surface area contributed by atoms with Gasteiger partial charge in [0.1, 0.15) is 0 Å². The number of carboxylic acids is 1. The van der Waals surface area contributed by atoms with Gasteiger partial charge in [-0.15, -0.1) is 0 Å². The number of nitrogens with one attached hydrogen (secondary N) is 1. The Kier molecular flexibility index (Phi) is 4.65. The second kappa shape index (κ2) is 6.26. The number of rotatable bonds is 2. The highest BCUT2D eigenvalue weighted by Gasteiger charge is 2.28. The summed E-state index contributed by atoms with van der Waals surface area (Å²) in [6.45, 7) is 2.82. The van der Waals surface area contributed by atoms with Gasteiger partial charge in [-0.3, -0.25) is 4.79 Å². The van der Waals surface area contributed by atoms with Gasteiger partial charge >= 0.3 is 12.0 Å². The van der Waals surface area contributed by atoms with Crippen LogP contribution in [0.2, 0.25) is 0 Å². The summed E-state index contributed by atoms with van der Waals surface area (Å²) >= 11 is 3.38. The summed E-state index contributed by atoms with van der Waals surface area (Å²) in [6, 6.07) is 5.41. The van der Waals surface area contributed by atoms with E-state index in [9.17, 15) is 9.59 Å². The van der Waals surface area contributed by atoms with Crippen LogP contribution >= 0.6 is 15.9 Å². The molecule has 0 spiro atoms. The van der Waals surface area contributed by atoms with E-state index >= 15 is 0 Å². The molecule has 1 unspecified atom stereocenters. The normalized spacial score (nSPS) is 18.7. The molecule has 1 saturated heterocycles. The van der Waals surface area contributed by atoms with E-state index in [1.54, 1.807) is 4.90 Å². The molecular formula is C14H17BrN2O3. The Morgan fingerprint density at radius 3 is 2.80 bits per heavy atom. The minimum absolute atomic E-state index is 0.242. The molecular weight excluding hydrogens is 324 g/mol. The number of carbonyl (C=O) groups excluding carboxylic acids is 1. The van der Waals surface area contributed by atoms with Gasteiger partial charge in [-0.05, 0) is 43.5 Å². The Labute approximate surface area is 126 Å². The number of aliphatic carboxylic acids is 1. The van der Waals surface area contributed by atoms with Crippen LogP contribution in [0.15, 0.2) is 22.7 Å². The highest BCUT2D eigenvalue weighted by molar-refractivity contribution is 9.10. The van der Waals surface area contributed by atoms with E-state index in [4.69, 9.17) is 5.11 Å². The van der Waals surface area contributed by atoms with Crippen molar-refractivity contribution >= 4 is 33.6 Å². The summed E-state index contributed by atoms with van der Waals surface area (Å²) < 4.78 is 0.898. The number of hydrogen-bond donors (Lipinski definition) is 2. The maximum absolute atomic E-state index is 12.2. The lowest BCUT2D eigenvalue weighted by atomic mass is 9.99. The van der Waals surface area contributed by atoms with Gasteiger partial charge in [0.05, 0.1) is 5.92 Å². The SMILES string of the molecule is Cc1cc(Br)cc(NC(=O)N2CCCC(C(=O)O)C2)c1. The molecule has 6 heteroatoms. The third kappa shape index (κ3) is 3.72. The molecule has 1 heterocycles. The van der Waals surface area contributed by atoms with Crippen LogP contribution in [0, 0.1) is 12.8 Å². The van der Waals surface area contributed by atoms with E-state index in [-0.39, 0.29) is 12.6 Å². The minimum atomic E-state index is -0.833. The van der Waals surface area contributed by atoms with Crippen LogP contribution in [-0.2, 0) is 4.79 Å². The molecule has 1 aliphatic rings. The van der Waals surface area contributed by atoms with Crippen LogP contribution in [0.1, 0.15) is 18.4 Å². The summed E-state index contributed by atoms with van der Waals surface area (Å²) in [7, 11) is 0. The molecule has 0 aliphatic carbocycles. The second-order valence-corrected chi connectivity index (χ2v) is 5.99. The first-order valence-electron chi connectivity index (χ1n) is 6.51. The quantitative estimate of drug-likeness (QED) is 0.869. The molecule has 2 rings (SSSR count). The van der Waals surface area contributed by atoms with Gasteiger partial charge in [-0.25, -0.2) is 4.79 Å². The molecule has 0 bridgehead atoms. The fraction of sp³-hybridized carbons (Fsp3) is 0.429. The highest BCUT2D eigenvalue weighted by Crippen LogP contribution is 2.21. The molecule has 2 N–H and O–H groups in total. The van der Waals surface area contributed by atoms with E-state index in [1.165, 1.54) is 0 Å². The van der Waals surface area contributed by atoms with Crippen molar-refractivity contribution in [2.45, 2.75) is 19.8 Å². The van der Waals surface area contributed by atoms with E-state index in [2.05, 4.69) is 21.2 Å². The topological polar surface area (TPSA) is 69.6 Å². The van der Waals surface area contributed by atoms with Gasteiger partial charge in [-0.2, -0.15) is 0 Å². The largest absolute Gasteiger partial charge is 0.481 e. The Morgan fingerprint density at radius 1 is 1.40 bits per heavy atom. The molecule has 1 atom stereocenters. The molecule has 20 heavy (non-hydrogen) atoms. The maximum Gasteiger partial charge on any atom is 0.321 e. The van der Waals surface area contributed by atoms with E-state index in [0.29, 0.717) is 18.7 Å². The molecule has 0 saturated carbocycles. The van der Waals surface area contributed by atoms with E-state index in [0.717, 1.165) is 16.5 Å². The van der Waals surface area contributed by atoms with Gasteiger partial charge in [0.2, 0.25) is 0 Å². The molecule has 2 amide bonds. The number of halogens is 1. The fourth-order valence-corrected chi connectivity index (χ4v) is 2.98. The molecule has 0 radical (unpaired) electrons. The third-order valence-corrected chi connectivity index (χ3v) is 3.81.